The van der Waals surface area contributed by atoms with E-state index in [9.17, 15) is 14.4 Å². The van der Waals surface area contributed by atoms with Gasteiger partial charge in [-0.3, -0.25) is 19.3 Å². The smallest absolute Gasteiger partial charge is 0.248 e. The lowest BCUT2D eigenvalue weighted by atomic mass is 10.00. The molecule has 2 N–H and O–H groups in total. The van der Waals surface area contributed by atoms with E-state index in [0.29, 0.717) is 27.8 Å². The third-order valence-corrected chi connectivity index (χ3v) is 5.49. The van der Waals surface area contributed by atoms with Crippen LogP contribution in [0.25, 0.3) is 0 Å². The molecule has 0 saturated heterocycles. The van der Waals surface area contributed by atoms with Gasteiger partial charge in [0.2, 0.25) is 17.7 Å². The van der Waals surface area contributed by atoms with Crippen LogP contribution in [0.2, 0.25) is 5.02 Å². The van der Waals surface area contributed by atoms with Gasteiger partial charge in [-0.2, -0.15) is 0 Å². The molecule has 0 bridgehead atoms. The minimum Gasteiger partial charge on any atom is -0.497 e. The number of halogens is 1. The first kappa shape index (κ1) is 27.7. The van der Waals surface area contributed by atoms with Crippen molar-refractivity contribution in [2.45, 2.75) is 52.1 Å². The van der Waals surface area contributed by atoms with Crippen molar-refractivity contribution >= 4 is 40.8 Å². The summed E-state index contributed by atoms with van der Waals surface area (Å²) in [6.07, 6.45) is -0.289. The Morgan fingerprint density at radius 3 is 2.35 bits per heavy atom. The van der Waals surface area contributed by atoms with Gasteiger partial charge in [0.05, 0.1) is 7.11 Å². The zero-order valence-electron chi connectivity index (χ0n) is 21.5. The number of aromatic nitrogens is 1. The Bertz CT molecular complexity index is 1250. The number of rotatable bonds is 9. The SMILES string of the molecule is COc1ccc([C@@H](C(=O)NC(C)(C)C)N(C(=O)CCC(=O)Nc2cc(C)on2)c2cccc(Cl)c2)cc1. The number of anilines is 2. The number of benzene rings is 2. The highest BCUT2D eigenvalue weighted by atomic mass is 35.5. The fraction of sp³-hybridized carbons (Fsp3) is 0.333. The molecule has 10 heteroatoms. The van der Waals surface area contributed by atoms with Crippen LogP contribution in [0.4, 0.5) is 11.5 Å². The molecule has 2 aromatic carbocycles. The summed E-state index contributed by atoms with van der Waals surface area (Å²) >= 11 is 6.25. The topological polar surface area (TPSA) is 114 Å². The molecule has 3 amide bonds. The zero-order chi connectivity index (χ0) is 27.2. The second-order valence-corrected chi connectivity index (χ2v) is 9.97. The van der Waals surface area contributed by atoms with E-state index >= 15 is 0 Å². The summed E-state index contributed by atoms with van der Waals surface area (Å²) in [4.78, 5) is 41.2. The quantitative estimate of drug-likeness (QED) is 0.403. The van der Waals surface area contributed by atoms with Crippen molar-refractivity contribution in [3.8, 4) is 5.75 Å². The van der Waals surface area contributed by atoms with Crippen LogP contribution in [-0.4, -0.2) is 35.5 Å². The normalized spacial score (nSPS) is 11.9. The summed E-state index contributed by atoms with van der Waals surface area (Å²) < 4.78 is 10.2. The molecule has 3 rings (SSSR count). The number of hydrogen-bond donors (Lipinski definition) is 2. The van der Waals surface area contributed by atoms with Gasteiger partial charge in [-0.25, -0.2) is 0 Å². The van der Waals surface area contributed by atoms with E-state index in [4.69, 9.17) is 20.9 Å². The maximum atomic E-state index is 13.7. The number of nitrogens with one attached hydrogen (secondary N) is 2. The molecule has 0 radical (unpaired) electrons. The highest BCUT2D eigenvalue weighted by molar-refractivity contribution is 6.31. The number of ether oxygens (including phenoxy) is 1. The molecule has 0 unspecified atom stereocenters. The minimum atomic E-state index is -1.03. The number of nitrogens with zero attached hydrogens (tertiary/aromatic N) is 2. The maximum Gasteiger partial charge on any atom is 0.248 e. The summed E-state index contributed by atoms with van der Waals surface area (Å²) in [7, 11) is 1.55. The van der Waals surface area contributed by atoms with Crippen LogP contribution in [0.1, 0.15) is 51.0 Å². The standard InChI is InChI=1S/C27H31ClN4O5/c1-17-15-22(31-37-17)29-23(33)13-14-24(34)32(20-8-6-7-19(28)16-20)25(26(35)30-27(2,3)4)18-9-11-21(36-5)12-10-18/h6-12,15-16,25H,13-14H2,1-5H3,(H,30,35)(H,29,31,33)/t25-/m0/s1. The highest BCUT2D eigenvalue weighted by Crippen LogP contribution is 2.32. The predicted molar refractivity (Wildman–Crippen MR) is 142 cm³/mol. The molecule has 0 aliphatic heterocycles. The summed E-state index contributed by atoms with van der Waals surface area (Å²) in [5.74, 6) is 0.201. The van der Waals surface area contributed by atoms with Crippen LogP contribution < -0.4 is 20.3 Å². The van der Waals surface area contributed by atoms with E-state index in [1.807, 2.05) is 20.8 Å². The molecular formula is C27H31ClN4O5. The van der Waals surface area contributed by atoms with Gasteiger partial charge in [-0.1, -0.05) is 35.0 Å². The molecule has 0 aliphatic rings. The minimum absolute atomic E-state index is 0.127. The number of amides is 3. The number of methoxy groups -OCH3 is 1. The lowest BCUT2D eigenvalue weighted by Crippen LogP contribution is -2.49. The third-order valence-electron chi connectivity index (χ3n) is 5.25. The van der Waals surface area contributed by atoms with E-state index in [1.165, 1.54) is 4.90 Å². The Labute approximate surface area is 221 Å². The van der Waals surface area contributed by atoms with Gasteiger partial charge in [-0.15, -0.1) is 0 Å². The average Bonchev–Trinajstić information content (AvgIpc) is 3.24. The molecular weight excluding hydrogens is 496 g/mol. The van der Waals surface area contributed by atoms with Crippen molar-refractivity contribution in [2.24, 2.45) is 0 Å². The lowest BCUT2D eigenvalue weighted by molar-refractivity contribution is -0.128. The van der Waals surface area contributed by atoms with Crippen molar-refractivity contribution < 1.29 is 23.6 Å². The van der Waals surface area contributed by atoms with Gasteiger partial charge >= 0.3 is 0 Å². The molecule has 0 aliphatic carbocycles. The Hall–Kier alpha value is -3.85. The van der Waals surface area contributed by atoms with E-state index in [1.54, 1.807) is 68.6 Å². The number of carbonyl (C=O) groups excluding carboxylic acids is 3. The molecule has 9 nitrogen and oxygen atoms in total. The van der Waals surface area contributed by atoms with Crippen LogP contribution >= 0.6 is 11.6 Å². The summed E-state index contributed by atoms with van der Waals surface area (Å²) in [5.41, 5.74) is 0.439. The van der Waals surface area contributed by atoms with Gasteiger partial charge in [0, 0.05) is 35.2 Å². The summed E-state index contributed by atoms with van der Waals surface area (Å²) in [6.45, 7) is 7.28. The second-order valence-electron chi connectivity index (χ2n) is 9.53. The Kier molecular flexibility index (Phi) is 8.94. The van der Waals surface area contributed by atoms with Crippen molar-refractivity contribution in [1.82, 2.24) is 10.5 Å². The first-order valence-corrected chi connectivity index (χ1v) is 12.1. The van der Waals surface area contributed by atoms with Crippen LogP contribution in [0.15, 0.2) is 59.1 Å². The Morgan fingerprint density at radius 1 is 1.08 bits per heavy atom. The first-order valence-electron chi connectivity index (χ1n) is 11.7. The molecule has 1 heterocycles. The van der Waals surface area contributed by atoms with Crippen molar-refractivity contribution in [3.63, 3.8) is 0 Å². The molecule has 196 valence electrons. The summed E-state index contributed by atoms with van der Waals surface area (Å²) in [5, 5.41) is 9.71. The number of hydrogen-bond acceptors (Lipinski definition) is 6. The third kappa shape index (κ3) is 7.82. The zero-order valence-corrected chi connectivity index (χ0v) is 22.3. The van der Waals surface area contributed by atoms with Crippen LogP contribution in [-0.2, 0) is 14.4 Å². The van der Waals surface area contributed by atoms with E-state index in [2.05, 4.69) is 15.8 Å². The summed E-state index contributed by atoms with van der Waals surface area (Å²) in [6, 6.07) is 14.1. The Morgan fingerprint density at radius 2 is 1.78 bits per heavy atom. The molecule has 3 aromatic rings. The monoisotopic (exact) mass is 526 g/mol. The van der Waals surface area contributed by atoms with Crippen LogP contribution in [0.5, 0.6) is 5.75 Å². The predicted octanol–water partition coefficient (Wildman–Crippen LogP) is 5.05. The largest absolute Gasteiger partial charge is 0.497 e. The van der Waals surface area contributed by atoms with Crippen molar-refractivity contribution in [1.29, 1.82) is 0 Å². The van der Waals surface area contributed by atoms with Crippen molar-refractivity contribution in [2.75, 3.05) is 17.3 Å². The molecule has 0 spiro atoms. The van der Waals surface area contributed by atoms with Crippen molar-refractivity contribution in [3.05, 3.63) is 70.9 Å². The van der Waals surface area contributed by atoms with Gasteiger partial charge in [0.1, 0.15) is 17.6 Å². The molecule has 1 aromatic heterocycles. The van der Waals surface area contributed by atoms with Crippen LogP contribution in [0.3, 0.4) is 0 Å². The maximum absolute atomic E-state index is 13.7. The van der Waals surface area contributed by atoms with E-state index in [0.717, 1.165) is 0 Å². The van der Waals surface area contributed by atoms with Gasteiger partial charge in [0.15, 0.2) is 5.82 Å². The van der Waals surface area contributed by atoms with E-state index in [-0.39, 0.29) is 24.6 Å². The highest BCUT2D eigenvalue weighted by Gasteiger charge is 2.34. The van der Waals surface area contributed by atoms with E-state index < -0.39 is 23.4 Å². The average molecular weight is 527 g/mol. The molecule has 37 heavy (non-hydrogen) atoms. The Balaban J connectivity index is 1.96. The molecule has 1 atom stereocenters. The van der Waals surface area contributed by atoms with Crippen LogP contribution in [0, 0.1) is 6.92 Å². The second kappa shape index (κ2) is 11.9. The lowest BCUT2D eigenvalue weighted by Gasteiger charge is -2.34. The van der Waals surface area contributed by atoms with Gasteiger partial charge in [0.25, 0.3) is 0 Å². The first-order chi connectivity index (χ1) is 17.5. The number of aryl methyl sites for hydroxylation is 1. The molecule has 0 saturated carbocycles. The van der Waals surface area contributed by atoms with Gasteiger partial charge in [-0.05, 0) is 63.6 Å². The number of carbonyl (C=O) groups is 3. The fourth-order valence-electron chi connectivity index (χ4n) is 3.68. The van der Waals surface area contributed by atoms with Gasteiger partial charge < -0.3 is 19.9 Å². The molecule has 0 fully saturated rings. The fourth-order valence-corrected chi connectivity index (χ4v) is 3.86.